The number of fused-ring (bicyclic) bond motifs is 2. The lowest BCUT2D eigenvalue weighted by Gasteiger charge is -2.33. The van der Waals surface area contributed by atoms with Gasteiger partial charge in [0.05, 0.1) is 18.8 Å². The fraction of sp³-hybridized carbons (Fsp3) is 0.190. The van der Waals surface area contributed by atoms with E-state index in [1.54, 1.807) is 35.7 Å². The zero-order chi connectivity index (χ0) is 20.0. The lowest BCUT2D eigenvalue weighted by molar-refractivity contribution is -0.133. The highest BCUT2D eigenvalue weighted by Crippen LogP contribution is 2.41. The van der Waals surface area contributed by atoms with Gasteiger partial charge in [0.1, 0.15) is 16.6 Å². The summed E-state index contributed by atoms with van der Waals surface area (Å²) in [5, 5.41) is 5.12. The molecule has 5 rings (SSSR count). The average molecular weight is 409 g/mol. The largest absolute Gasteiger partial charge is 0.493 e. The Morgan fingerprint density at radius 3 is 2.83 bits per heavy atom. The van der Waals surface area contributed by atoms with Crippen molar-refractivity contribution >= 4 is 23.3 Å². The van der Waals surface area contributed by atoms with E-state index < -0.39 is 11.6 Å². The minimum absolute atomic E-state index is 0.0282. The third kappa shape index (κ3) is 2.79. The second kappa shape index (κ2) is 6.66. The van der Waals surface area contributed by atoms with Crippen LogP contribution in [0, 0.1) is 5.82 Å². The summed E-state index contributed by atoms with van der Waals surface area (Å²) >= 11 is 1.28. The SMILES string of the molecule is O=C1NC2(CCOc3ccccc32)C(=O)N1Cc1csc(-c2ccccc2F)n1. The number of para-hydroxylation sites is 1. The molecule has 2 aliphatic heterocycles. The lowest BCUT2D eigenvalue weighted by Crippen LogP contribution is -2.47. The van der Waals surface area contributed by atoms with Crippen molar-refractivity contribution in [2.24, 2.45) is 0 Å². The number of ether oxygens (including phenoxy) is 1. The molecular formula is C21H16FN3O3S. The van der Waals surface area contributed by atoms with E-state index >= 15 is 0 Å². The number of aromatic nitrogens is 1. The molecule has 2 aliphatic rings. The summed E-state index contributed by atoms with van der Waals surface area (Å²) in [5.41, 5.74) is 0.485. The van der Waals surface area contributed by atoms with E-state index in [1.807, 2.05) is 12.1 Å². The van der Waals surface area contributed by atoms with Gasteiger partial charge in [-0.3, -0.25) is 9.69 Å². The molecule has 1 spiro atoms. The number of benzene rings is 2. The highest BCUT2D eigenvalue weighted by atomic mass is 32.1. The number of nitrogens with one attached hydrogen (secondary N) is 1. The predicted molar refractivity (Wildman–Crippen MR) is 105 cm³/mol. The van der Waals surface area contributed by atoms with Crippen molar-refractivity contribution in [3.05, 3.63) is 71.0 Å². The van der Waals surface area contributed by atoms with Gasteiger partial charge in [-0.05, 0) is 18.2 Å². The Morgan fingerprint density at radius 2 is 1.97 bits per heavy atom. The smallest absolute Gasteiger partial charge is 0.325 e. The Morgan fingerprint density at radius 1 is 1.17 bits per heavy atom. The van der Waals surface area contributed by atoms with Crippen molar-refractivity contribution in [3.8, 4) is 16.3 Å². The molecule has 1 N–H and O–H groups in total. The number of thiazole rings is 1. The number of hydrogen-bond acceptors (Lipinski definition) is 5. The molecule has 3 aromatic rings. The first kappa shape index (κ1) is 17.8. The maximum Gasteiger partial charge on any atom is 0.325 e. The monoisotopic (exact) mass is 409 g/mol. The van der Waals surface area contributed by atoms with Crippen LogP contribution in [0.15, 0.2) is 53.9 Å². The molecule has 1 fully saturated rings. The molecule has 0 saturated carbocycles. The van der Waals surface area contributed by atoms with Gasteiger partial charge in [0, 0.05) is 22.9 Å². The number of imide groups is 1. The van der Waals surface area contributed by atoms with Crippen LogP contribution < -0.4 is 10.1 Å². The van der Waals surface area contributed by atoms with Crippen LogP contribution in [-0.4, -0.2) is 28.4 Å². The first-order valence-electron chi connectivity index (χ1n) is 9.14. The maximum atomic E-state index is 14.0. The lowest BCUT2D eigenvalue weighted by atomic mass is 9.84. The van der Waals surface area contributed by atoms with Gasteiger partial charge in [0.15, 0.2) is 5.54 Å². The number of rotatable bonds is 3. The summed E-state index contributed by atoms with van der Waals surface area (Å²) in [6.45, 7) is 0.366. The van der Waals surface area contributed by atoms with Crippen LogP contribution in [0.4, 0.5) is 9.18 Å². The Kier molecular flexibility index (Phi) is 4.09. The van der Waals surface area contributed by atoms with Crippen LogP contribution in [0.1, 0.15) is 17.7 Å². The van der Waals surface area contributed by atoms with E-state index in [0.717, 1.165) is 0 Å². The maximum absolute atomic E-state index is 14.0. The van der Waals surface area contributed by atoms with Crippen LogP contribution in [-0.2, 0) is 16.9 Å². The summed E-state index contributed by atoms with van der Waals surface area (Å²) in [7, 11) is 0. The number of halogens is 1. The Bertz CT molecular complexity index is 1130. The average Bonchev–Trinajstić information content (AvgIpc) is 3.28. The van der Waals surface area contributed by atoms with E-state index in [4.69, 9.17) is 4.74 Å². The van der Waals surface area contributed by atoms with E-state index in [-0.39, 0.29) is 18.3 Å². The minimum Gasteiger partial charge on any atom is -0.493 e. The summed E-state index contributed by atoms with van der Waals surface area (Å²) in [4.78, 5) is 31.6. The van der Waals surface area contributed by atoms with E-state index in [1.165, 1.54) is 22.3 Å². The fourth-order valence-corrected chi connectivity index (χ4v) is 4.65. The van der Waals surface area contributed by atoms with E-state index in [0.29, 0.717) is 40.6 Å². The molecule has 1 saturated heterocycles. The van der Waals surface area contributed by atoms with Crippen molar-refractivity contribution in [2.45, 2.75) is 18.5 Å². The number of carbonyl (C=O) groups excluding carboxylic acids is 2. The molecule has 3 amide bonds. The van der Waals surface area contributed by atoms with Gasteiger partial charge >= 0.3 is 6.03 Å². The zero-order valence-corrected chi connectivity index (χ0v) is 16.0. The molecule has 0 aliphatic carbocycles. The number of nitrogens with zero attached hydrogens (tertiary/aromatic N) is 2. The number of urea groups is 1. The van der Waals surface area contributed by atoms with Gasteiger partial charge in [-0.2, -0.15) is 0 Å². The summed E-state index contributed by atoms with van der Waals surface area (Å²) in [6, 6.07) is 13.2. The van der Waals surface area contributed by atoms with E-state index in [2.05, 4.69) is 10.3 Å². The number of hydrogen-bond donors (Lipinski definition) is 1. The molecule has 1 aromatic heterocycles. The normalized spacial score (nSPS) is 20.5. The second-order valence-electron chi connectivity index (χ2n) is 6.95. The van der Waals surface area contributed by atoms with Crippen LogP contribution in [0.3, 0.4) is 0 Å². The topological polar surface area (TPSA) is 71.5 Å². The van der Waals surface area contributed by atoms with Crippen molar-refractivity contribution < 1.29 is 18.7 Å². The van der Waals surface area contributed by atoms with Crippen LogP contribution in [0.5, 0.6) is 5.75 Å². The Hall–Kier alpha value is -3.26. The molecule has 2 aromatic carbocycles. The first-order valence-corrected chi connectivity index (χ1v) is 10.0. The van der Waals surface area contributed by atoms with Gasteiger partial charge in [-0.25, -0.2) is 14.2 Å². The highest BCUT2D eigenvalue weighted by molar-refractivity contribution is 7.13. The Balaban J connectivity index is 1.44. The number of amides is 3. The van der Waals surface area contributed by atoms with Crippen molar-refractivity contribution in [3.63, 3.8) is 0 Å². The number of carbonyl (C=O) groups is 2. The summed E-state index contributed by atoms with van der Waals surface area (Å²) in [6.07, 6.45) is 0.364. The fourth-order valence-electron chi connectivity index (χ4n) is 3.82. The van der Waals surface area contributed by atoms with Crippen LogP contribution in [0.2, 0.25) is 0 Å². The minimum atomic E-state index is -1.11. The van der Waals surface area contributed by atoms with Gasteiger partial charge in [-0.1, -0.05) is 30.3 Å². The third-order valence-corrected chi connectivity index (χ3v) is 6.16. The van der Waals surface area contributed by atoms with Crippen molar-refractivity contribution in [2.75, 3.05) is 6.61 Å². The molecule has 1 unspecified atom stereocenters. The molecular weight excluding hydrogens is 393 g/mol. The van der Waals surface area contributed by atoms with Gasteiger partial charge < -0.3 is 10.1 Å². The standard InChI is InChI=1S/C21H16FN3O3S/c22-16-7-3-1-5-14(16)18-23-13(12-29-18)11-25-19(26)21(24-20(25)27)9-10-28-17-8-4-2-6-15(17)21/h1-8,12H,9-11H2,(H,24,27). The van der Waals surface area contributed by atoms with Gasteiger partial charge in [-0.15, -0.1) is 11.3 Å². The molecule has 6 nitrogen and oxygen atoms in total. The zero-order valence-electron chi connectivity index (χ0n) is 15.2. The predicted octanol–water partition coefficient (Wildman–Crippen LogP) is 3.68. The van der Waals surface area contributed by atoms with Crippen LogP contribution >= 0.6 is 11.3 Å². The molecule has 29 heavy (non-hydrogen) atoms. The molecule has 0 bridgehead atoms. The third-order valence-electron chi connectivity index (χ3n) is 5.23. The molecule has 3 heterocycles. The van der Waals surface area contributed by atoms with Gasteiger partial charge in [0.2, 0.25) is 0 Å². The molecule has 8 heteroatoms. The molecule has 146 valence electrons. The van der Waals surface area contributed by atoms with E-state index in [9.17, 15) is 14.0 Å². The van der Waals surface area contributed by atoms with Crippen molar-refractivity contribution in [1.82, 2.24) is 15.2 Å². The molecule has 1 atom stereocenters. The van der Waals surface area contributed by atoms with Gasteiger partial charge in [0.25, 0.3) is 5.91 Å². The second-order valence-corrected chi connectivity index (χ2v) is 7.80. The van der Waals surface area contributed by atoms with Crippen molar-refractivity contribution in [1.29, 1.82) is 0 Å². The first-order chi connectivity index (χ1) is 14.1. The molecule has 0 radical (unpaired) electrons. The quantitative estimate of drug-likeness (QED) is 0.670. The highest BCUT2D eigenvalue weighted by Gasteiger charge is 2.54. The summed E-state index contributed by atoms with van der Waals surface area (Å²) < 4.78 is 19.7. The summed E-state index contributed by atoms with van der Waals surface area (Å²) in [5.74, 6) is -0.0791. The Labute approximate surface area is 169 Å². The van der Waals surface area contributed by atoms with Crippen LogP contribution in [0.25, 0.3) is 10.6 Å².